The highest BCUT2D eigenvalue weighted by atomic mass is 16.2. The van der Waals surface area contributed by atoms with Crippen molar-refractivity contribution >= 4 is 23.4 Å². The Labute approximate surface area is 300 Å². The summed E-state index contributed by atoms with van der Waals surface area (Å²) < 4.78 is 4.26. The van der Waals surface area contributed by atoms with Gasteiger partial charge in [-0.2, -0.15) is 5.10 Å². The average Bonchev–Trinajstić information content (AvgIpc) is 3.67. The molecule has 2 fully saturated rings. The van der Waals surface area contributed by atoms with Crippen molar-refractivity contribution in [2.24, 2.45) is 0 Å². The number of aryl methyl sites for hydroxylation is 1. The van der Waals surface area contributed by atoms with E-state index in [2.05, 4.69) is 56.2 Å². The molecule has 4 heterocycles. The molecule has 268 valence electrons. The number of nitrogens with zero attached hydrogens (tertiary/aromatic N) is 6. The lowest BCUT2D eigenvalue weighted by molar-refractivity contribution is -0.0222. The topological polar surface area (TPSA) is 108 Å². The van der Waals surface area contributed by atoms with E-state index in [9.17, 15) is 14.4 Å². The largest absolute Gasteiger partial charge is 0.347 e. The highest BCUT2D eigenvalue weighted by Gasteiger charge is 2.49. The van der Waals surface area contributed by atoms with Crippen molar-refractivity contribution < 1.29 is 14.4 Å². The van der Waals surface area contributed by atoms with Gasteiger partial charge in [0.25, 0.3) is 17.7 Å². The average molecular weight is 691 g/mol. The van der Waals surface area contributed by atoms with Gasteiger partial charge in [-0.1, -0.05) is 24.3 Å². The number of anilines is 1. The van der Waals surface area contributed by atoms with Gasteiger partial charge < -0.3 is 25.0 Å². The number of hydrogen-bond donors (Lipinski definition) is 2. The number of likely N-dealkylation sites (tertiary alicyclic amines) is 1. The SMILES string of the molecule is Cc1cc(C(=O)NCc2ccc(NC(=O)c3cnn(C4CCN(C)CC4)c3C)cc2)n2c1C1(CCC1)N(Cc1ccc(C(=O)N(C)C)cc1)CC2. The van der Waals surface area contributed by atoms with Crippen LogP contribution in [0.1, 0.15) is 97.4 Å². The molecule has 4 aromatic rings. The number of amides is 3. The van der Waals surface area contributed by atoms with E-state index in [1.165, 1.54) is 11.3 Å². The normalized spacial score (nSPS) is 17.5. The molecule has 1 spiro atoms. The lowest BCUT2D eigenvalue weighted by Gasteiger charge is -2.54. The second kappa shape index (κ2) is 14.1. The third-order valence-electron chi connectivity index (χ3n) is 11.3. The summed E-state index contributed by atoms with van der Waals surface area (Å²) in [4.78, 5) is 45.6. The molecule has 0 radical (unpaired) electrons. The molecule has 2 aromatic carbocycles. The molecule has 0 bridgehead atoms. The molecule has 0 unspecified atom stereocenters. The van der Waals surface area contributed by atoms with E-state index in [0.717, 1.165) is 81.6 Å². The first-order valence-electron chi connectivity index (χ1n) is 18.2. The lowest BCUT2D eigenvalue weighted by Crippen LogP contribution is -2.56. The van der Waals surface area contributed by atoms with Gasteiger partial charge in [-0.05, 0) is 113 Å². The molecule has 11 nitrogen and oxygen atoms in total. The molecule has 1 aliphatic carbocycles. The Bertz CT molecular complexity index is 1910. The maximum atomic E-state index is 13.6. The fraction of sp³-hybridized carbons (Fsp3) is 0.450. The lowest BCUT2D eigenvalue weighted by atomic mass is 9.70. The van der Waals surface area contributed by atoms with E-state index in [-0.39, 0.29) is 23.3 Å². The van der Waals surface area contributed by atoms with E-state index in [4.69, 9.17) is 0 Å². The molecule has 1 saturated carbocycles. The summed E-state index contributed by atoms with van der Waals surface area (Å²) in [6.45, 7) is 8.95. The van der Waals surface area contributed by atoms with Crippen LogP contribution in [-0.2, 0) is 25.2 Å². The highest BCUT2D eigenvalue weighted by Crippen LogP contribution is 2.50. The summed E-state index contributed by atoms with van der Waals surface area (Å²) in [6, 6.07) is 18.0. The maximum absolute atomic E-state index is 13.6. The van der Waals surface area contributed by atoms with E-state index in [0.29, 0.717) is 35.1 Å². The molecule has 3 amide bonds. The minimum Gasteiger partial charge on any atom is -0.347 e. The predicted octanol–water partition coefficient (Wildman–Crippen LogP) is 5.35. The van der Waals surface area contributed by atoms with Crippen LogP contribution in [-0.4, -0.2) is 87.5 Å². The standard InChI is InChI=1S/C40H50N8O3/c1-27-23-35(47-22-21-46(40(36(27)47)17-6-18-40)26-30-7-11-31(12-8-30)39(51)44(3)4)38(50)41-24-29-9-13-32(14-10-29)43-37(49)34-25-42-48(28(34)2)33-15-19-45(5)20-16-33/h7-14,23,25,33H,6,15-22,24,26H2,1-5H3,(H,41,50)(H,43,49). The van der Waals surface area contributed by atoms with Crippen LogP contribution in [0.25, 0.3) is 0 Å². The fourth-order valence-corrected chi connectivity index (χ4v) is 8.27. The number of carbonyl (C=O) groups is 3. The van der Waals surface area contributed by atoms with Gasteiger partial charge in [0.05, 0.1) is 23.3 Å². The molecule has 0 atom stereocenters. The molecule has 2 N–H and O–H groups in total. The second-order valence-corrected chi connectivity index (χ2v) is 14.9. The zero-order chi connectivity index (χ0) is 35.9. The monoisotopic (exact) mass is 690 g/mol. The molecule has 3 aliphatic rings. The van der Waals surface area contributed by atoms with Gasteiger partial charge in [0.15, 0.2) is 0 Å². The Morgan fingerprint density at radius 3 is 2.24 bits per heavy atom. The zero-order valence-corrected chi connectivity index (χ0v) is 30.5. The first-order chi connectivity index (χ1) is 24.5. The van der Waals surface area contributed by atoms with Gasteiger partial charge in [-0.3, -0.25) is 24.0 Å². The van der Waals surface area contributed by atoms with Crippen LogP contribution in [0.5, 0.6) is 0 Å². The number of carbonyl (C=O) groups excluding carboxylic acids is 3. The van der Waals surface area contributed by atoms with E-state index in [1.54, 1.807) is 25.2 Å². The molecule has 7 rings (SSSR count). The summed E-state index contributed by atoms with van der Waals surface area (Å²) in [5.74, 6) is -0.241. The molecule has 51 heavy (non-hydrogen) atoms. The number of rotatable bonds is 9. The van der Waals surface area contributed by atoms with Crippen LogP contribution >= 0.6 is 0 Å². The number of benzene rings is 2. The Morgan fingerprint density at radius 1 is 0.902 bits per heavy atom. The summed E-state index contributed by atoms with van der Waals surface area (Å²) in [5, 5.41) is 10.7. The molecule has 2 aromatic heterocycles. The summed E-state index contributed by atoms with van der Waals surface area (Å²) in [7, 11) is 5.68. The first-order valence-corrected chi connectivity index (χ1v) is 18.2. The van der Waals surface area contributed by atoms with Crippen molar-refractivity contribution in [1.29, 1.82) is 0 Å². The van der Waals surface area contributed by atoms with Crippen molar-refractivity contribution in [3.63, 3.8) is 0 Å². The fourth-order valence-electron chi connectivity index (χ4n) is 8.27. The van der Waals surface area contributed by atoms with Crippen LogP contribution in [0.2, 0.25) is 0 Å². The number of piperidine rings is 1. The van der Waals surface area contributed by atoms with Gasteiger partial charge in [-0.25, -0.2) is 0 Å². The van der Waals surface area contributed by atoms with Gasteiger partial charge in [0.1, 0.15) is 5.69 Å². The first kappa shape index (κ1) is 34.7. The van der Waals surface area contributed by atoms with Gasteiger partial charge >= 0.3 is 0 Å². The van der Waals surface area contributed by atoms with Crippen molar-refractivity contribution in [2.75, 3.05) is 46.1 Å². The smallest absolute Gasteiger partial charge is 0.268 e. The number of hydrogen-bond acceptors (Lipinski definition) is 6. The number of aromatic nitrogens is 3. The van der Waals surface area contributed by atoms with Crippen LogP contribution in [0, 0.1) is 13.8 Å². The number of fused-ring (bicyclic) bond motifs is 2. The van der Waals surface area contributed by atoms with Crippen LogP contribution < -0.4 is 10.6 Å². The van der Waals surface area contributed by atoms with Gasteiger partial charge in [0.2, 0.25) is 0 Å². The molecule has 2 aliphatic heterocycles. The quantitative estimate of drug-likeness (QED) is 0.246. The zero-order valence-electron chi connectivity index (χ0n) is 30.5. The van der Waals surface area contributed by atoms with Crippen LogP contribution in [0.15, 0.2) is 60.8 Å². The van der Waals surface area contributed by atoms with Crippen molar-refractivity contribution in [3.8, 4) is 0 Å². The molecule has 11 heteroatoms. The minimum atomic E-state index is -0.168. The highest BCUT2D eigenvalue weighted by molar-refractivity contribution is 6.05. The van der Waals surface area contributed by atoms with Gasteiger partial charge in [-0.15, -0.1) is 0 Å². The number of nitrogens with one attached hydrogen (secondary N) is 2. The van der Waals surface area contributed by atoms with Crippen LogP contribution in [0.4, 0.5) is 5.69 Å². The summed E-state index contributed by atoms with van der Waals surface area (Å²) in [5.41, 5.74) is 8.07. The van der Waals surface area contributed by atoms with Crippen molar-refractivity contribution in [1.82, 2.24) is 34.4 Å². The van der Waals surface area contributed by atoms with E-state index in [1.807, 2.05) is 54.1 Å². The summed E-state index contributed by atoms with van der Waals surface area (Å²) >= 11 is 0. The predicted molar refractivity (Wildman–Crippen MR) is 198 cm³/mol. The Kier molecular flexibility index (Phi) is 9.60. The second-order valence-electron chi connectivity index (χ2n) is 14.9. The third-order valence-corrected chi connectivity index (χ3v) is 11.3. The Balaban J connectivity index is 0.970. The van der Waals surface area contributed by atoms with Gasteiger partial charge in [0, 0.05) is 62.9 Å². The van der Waals surface area contributed by atoms with Crippen LogP contribution in [0.3, 0.4) is 0 Å². The summed E-state index contributed by atoms with van der Waals surface area (Å²) in [6.07, 6.45) is 7.04. The molecule has 1 saturated heterocycles. The molecular weight excluding hydrogens is 640 g/mol. The van der Waals surface area contributed by atoms with E-state index < -0.39 is 0 Å². The van der Waals surface area contributed by atoms with Crippen molar-refractivity contribution in [3.05, 3.63) is 106 Å². The van der Waals surface area contributed by atoms with Crippen molar-refractivity contribution in [2.45, 2.75) is 77.2 Å². The third kappa shape index (κ3) is 6.72. The van der Waals surface area contributed by atoms with E-state index >= 15 is 0 Å². The Hall–Kier alpha value is -4.74. The Morgan fingerprint density at radius 2 is 1.59 bits per heavy atom. The maximum Gasteiger partial charge on any atom is 0.268 e. The minimum absolute atomic E-state index is 0.00742. The molecular formula is C40H50N8O3.